The second-order valence-corrected chi connectivity index (χ2v) is 5.71. The van der Waals surface area contributed by atoms with Gasteiger partial charge in [0.05, 0.1) is 24.8 Å². The Morgan fingerprint density at radius 2 is 1.92 bits per heavy atom. The van der Waals surface area contributed by atoms with Gasteiger partial charge in [0, 0.05) is 25.2 Å². The lowest BCUT2D eigenvalue weighted by atomic mass is 10.2. The molecule has 0 amide bonds. The quantitative estimate of drug-likeness (QED) is 0.690. The number of aromatic nitrogens is 1. The first kappa shape index (κ1) is 20.3. The van der Waals surface area contributed by atoms with Crippen LogP contribution in [0.25, 0.3) is 11.5 Å². The third-order valence-corrected chi connectivity index (χ3v) is 3.50. The molecule has 0 saturated heterocycles. The summed E-state index contributed by atoms with van der Waals surface area (Å²) in [7, 11) is 0. The molecule has 2 rings (SSSR count). The lowest BCUT2D eigenvalue weighted by molar-refractivity contribution is -0.139. The van der Waals surface area contributed by atoms with E-state index < -0.39 is 43.5 Å². The molecule has 10 heteroatoms. The first-order chi connectivity index (χ1) is 12.2. The average molecular weight is 380 g/mol. The van der Waals surface area contributed by atoms with Crippen LogP contribution in [0.5, 0.6) is 0 Å². The smallest absolute Gasteiger partial charge is 0.390 e. The summed E-state index contributed by atoms with van der Waals surface area (Å²) in [6, 6.07) is 3.05. The van der Waals surface area contributed by atoms with E-state index in [0.717, 1.165) is 12.1 Å². The van der Waals surface area contributed by atoms with Crippen molar-refractivity contribution < 1.29 is 36.6 Å². The number of halogens is 5. The van der Waals surface area contributed by atoms with Gasteiger partial charge < -0.3 is 14.6 Å². The van der Waals surface area contributed by atoms with Crippen molar-refractivity contribution in [3.05, 3.63) is 41.8 Å². The number of hydrogen-bond donors (Lipinski definition) is 2. The van der Waals surface area contributed by atoms with Gasteiger partial charge in [-0.05, 0) is 18.2 Å². The third-order valence-electron chi connectivity index (χ3n) is 3.50. The van der Waals surface area contributed by atoms with Crippen LogP contribution in [-0.4, -0.2) is 52.1 Å². The van der Waals surface area contributed by atoms with Crippen LogP contribution < -0.4 is 0 Å². The molecular formula is C16H17F5N2O3. The predicted molar refractivity (Wildman–Crippen MR) is 80.9 cm³/mol. The monoisotopic (exact) mass is 380 g/mol. The van der Waals surface area contributed by atoms with E-state index in [2.05, 4.69) is 4.98 Å². The molecule has 2 N–H and O–H groups in total. The summed E-state index contributed by atoms with van der Waals surface area (Å²) in [5.74, 6) is -2.13. The Hall–Kier alpha value is -2.04. The molecule has 0 unspecified atom stereocenters. The van der Waals surface area contributed by atoms with Crippen molar-refractivity contribution in [2.75, 3.05) is 19.7 Å². The minimum atomic E-state index is -4.37. The first-order valence-electron chi connectivity index (χ1n) is 7.66. The van der Waals surface area contributed by atoms with Crippen LogP contribution in [0.3, 0.4) is 0 Å². The van der Waals surface area contributed by atoms with Gasteiger partial charge in [-0.25, -0.2) is 13.8 Å². The topological polar surface area (TPSA) is 69.7 Å². The minimum absolute atomic E-state index is 0.0163. The maximum absolute atomic E-state index is 13.3. The van der Waals surface area contributed by atoms with Gasteiger partial charge in [0.2, 0.25) is 5.89 Å². The minimum Gasteiger partial charge on any atom is -0.444 e. The molecule has 0 saturated carbocycles. The zero-order chi connectivity index (χ0) is 19.3. The molecule has 0 aliphatic heterocycles. The van der Waals surface area contributed by atoms with Gasteiger partial charge >= 0.3 is 6.18 Å². The van der Waals surface area contributed by atoms with Crippen LogP contribution in [0.4, 0.5) is 22.0 Å². The van der Waals surface area contributed by atoms with Crippen molar-refractivity contribution in [3.63, 3.8) is 0 Å². The molecule has 26 heavy (non-hydrogen) atoms. The van der Waals surface area contributed by atoms with Crippen LogP contribution in [0, 0.1) is 11.6 Å². The normalized spacial score (nSPS) is 13.4. The van der Waals surface area contributed by atoms with E-state index in [1.54, 1.807) is 0 Å². The molecule has 1 heterocycles. The summed E-state index contributed by atoms with van der Waals surface area (Å²) < 4.78 is 68.7. The summed E-state index contributed by atoms with van der Waals surface area (Å²) in [5.41, 5.74) is 0.421. The highest BCUT2D eigenvalue weighted by Gasteiger charge is 2.28. The molecule has 1 aromatic heterocycles. The van der Waals surface area contributed by atoms with Crippen LogP contribution >= 0.6 is 0 Å². The molecule has 1 atom stereocenters. The van der Waals surface area contributed by atoms with Gasteiger partial charge in [-0.1, -0.05) is 0 Å². The van der Waals surface area contributed by atoms with Crippen molar-refractivity contribution >= 4 is 0 Å². The largest absolute Gasteiger partial charge is 0.444 e. The number of oxazole rings is 1. The van der Waals surface area contributed by atoms with E-state index >= 15 is 0 Å². The predicted octanol–water partition coefficient (Wildman–Crippen LogP) is 2.73. The summed E-state index contributed by atoms with van der Waals surface area (Å²) in [6.45, 7) is -1.28. The van der Waals surface area contributed by atoms with Crippen molar-refractivity contribution in [2.24, 2.45) is 0 Å². The lowest BCUT2D eigenvalue weighted by Gasteiger charge is -2.23. The van der Waals surface area contributed by atoms with Crippen LogP contribution in [-0.2, 0) is 6.54 Å². The second kappa shape index (κ2) is 8.56. The molecule has 5 nitrogen and oxygen atoms in total. The van der Waals surface area contributed by atoms with E-state index in [-0.39, 0.29) is 30.2 Å². The zero-order valence-electron chi connectivity index (χ0n) is 13.5. The number of hydrogen-bond acceptors (Lipinski definition) is 5. The fraction of sp³-hybridized carbons (Fsp3) is 0.438. The molecule has 0 radical (unpaired) electrons. The van der Waals surface area contributed by atoms with Crippen molar-refractivity contribution in [1.29, 1.82) is 0 Å². The number of rotatable bonds is 8. The maximum atomic E-state index is 13.3. The highest BCUT2D eigenvalue weighted by atomic mass is 19.4. The van der Waals surface area contributed by atoms with Gasteiger partial charge in [0.1, 0.15) is 6.26 Å². The number of aliphatic hydroxyl groups excluding tert-OH is 2. The Kier molecular flexibility index (Phi) is 6.68. The Balaban J connectivity index is 2.09. The summed E-state index contributed by atoms with van der Waals surface area (Å²) in [6.07, 6.45) is -5.49. The number of nitrogens with zero attached hydrogens (tertiary/aromatic N) is 2. The molecule has 0 spiro atoms. The Labute approximate surface area is 145 Å². The van der Waals surface area contributed by atoms with Crippen LogP contribution in [0.15, 0.2) is 28.9 Å². The maximum Gasteiger partial charge on any atom is 0.390 e. The van der Waals surface area contributed by atoms with Gasteiger partial charge in [0.15, 0.2) is 11.6 Å². The van der Waals surface area contributed by atoms with Crippen molar-refractivity contribution in [2.45, 2.75) is 25.2 Å². The summed E-state index contributed by atoms with van der Waals surface area (Å²) in [4.78, 5) is 5.31. The Morgan fingerprint density at radius 1 is 1.19 bits per heavy atom. The highest BCUT2D eigenvalue weighted by Crippen LogP contribution is 2.23. The molecule has 0 bridgehead atoms. The van der Waals surface area contributed by atoms with Crippen molar-refractivity contribution in [3.8, 4) is 11.5 Å². The fourth-order valence-electron chi connectivity index (χ4n) is 2.25. The SMILES string of the molecule is OC[C@@H](O)CN(CCC(F)(F)F)Cc1coc(-c2ccc(F)c(F)c2)n1. The van der Waals surface area contributed by atoms with Gasteiger partial charge in [-0.15, -0.1) is 0 Å². The van der Waals surface area contributed by atoms with Crippen LogP contribution in [0.1, 0.15) is 12.1 Å². The first-order valence-corrected chi connectivity index (χ1v) is 7.66. The van der Waals surface area contributed by atoms with Gasteiger partial charge in [-0.3, -0.25) is 4.90 Å². The molecule has 0 aliphatic carbocycles. The summed E-state index contributed by atoms with van der Waals surface area (Å²) in [5, 5.41) is 18.4. The van der Waals surface area contributed by atoms with Crippen LogP contribution in [0.2, 0.25) is 0 Å². The average Bonchev–Trinajstić information content (AvgIpc) is 3.03. The van der Waals surface area contributed by atoms with E-state index in [1.165, 1.54) is 17.2 Å². The highest BCUT2D eigenvalue weighted by molar-refractivity contribution is 5.53. The number of alkyl halides is 3. The van der Waals surface area contributed by atoms with Crippen molar-refractivity contribution in [1.82, 2.24) is 9.88 Å². The van der Waals surface area contributed by atoms with E-state index in [9.17, 15) is 27.1 Å². The molecule has 144 valence electrons. The van der Waals surface area contributed by atoms with Gasteiger partial charge in [0.25, 0.3) is 0 Å². The molecular weight excluding hydrogens is 363 g/mol. The fourth-order valence-corrected chi connectivity index (χ4v) is 2.25. The molecule has 1 aromatic carbocycles. The van der Waals surface area contributed by atoms with E-state index in [4.69, 9.17) is 9.52 Å². The van der Waals surface area contributed by atoms with E-state index in [0.29, 0.717) is 0 Å². The third kappa shape index (κ3) is 6.04. The lowest BCUT2D eigenvalue weighted by Crippen LogP contribution is -2.36. The van der Waals surface area contributed by atoms with E-state index in [1.807, 2.05) is 0 Å². The second-order valence-electron chi connectivity index (χ2n) is 5.71. The zero-order valence-corrected chi connectivity index (χ0v) is 13.5. The number of benzene rings is 1. The molecule has 2 aromatic rings. The standard InChI is InChI=1S/C16H17F5N2O3/c17-13-2-1-10(5-14(13)18)15-22-11(9-26-15)6-23(7-12(25)8-24)4-3-16(19,20)21/h1-2,5,9,12,24-25H,3-4,6-8H2/t12-/m0/s1. The summed E-state index contributed by atoms with van der Waals surface area (Å²) >= 11 is 0. The molecule has 0 fully saturated rings. The Bertz CT molecular complexity index is 720. The Morgan fingerprint density at radius 3 is 2.54 bits per heavy atom. The molecule has 0 aliphatic rings. The van der Waals surface area contributed by atoms with Gasteiger partial charge in [-0.2, -0.15) is 13.2 Å². The number of aliphatic hydroxyl groups is 2.